The summed E-state index contributed by atoms with van der Waals surface area (Å²) in [5, 5.41) is 14.6. The number of piperidine rings is 1. The second-order valence-corrected chi connectivity index (χ2v) is 12.3. The van der Waals surface area contributed by atoms with E-state index in [2.05, 4.69) is 47.1 Å². The number of hydrogen-bond donors (Lipinski definition) is 1. The van der Waals surface area contributed by atoms with Crippen LogP contribution >= 0.6 is 23.2 Å². The Kier molecular flexibility index (Phi) is 5.47. The van der Waals surface area contributed by atoms with Crippen molar-refractivity contribution in [1.82, 2.24) is 24.9 Å². The number of H-pyrrole nitrogens is 1. The molecule has 0 atom stereocenters. The van der Waals surface area contributed by atoms with E-state index in [1.165, 1.54) is 12.5 Å². The number of nitrogens with one attached hydrogen (secondary N) is 1. The molecule has 7 nitrogen and oxygen atoms in total. The van der Waals surface area contributed by atoms with Gasteiger partial charge in [-0.2, -0.15) is 10.2 Å². The summed E-state index contributed by atoms with van der Waals surface area (Å²) in [7, 11) is 0. The van der Waals surface area contributed by atoms with Gasteiger partial charge in [-0.25, -0.2) is 0 Å². The van der Waals surface area contributed by atoms with Crippen LogP contribution in [0.1, 0.15) is 57.7 Å². The van der Waals surface area contributed by atoms with E-state index >= 15 is 0 Å². The Balaban J connectivity index is 1.44. The Morgan fingerprint density at radius 2 is 1.97 bits per heavy atom. The number of carbonyl (C=O) groups is 1. The Labute approximate surface area is 221 Å². The van der Waals surface area contributed by atoms with Crippen molar-refractivity contribution < 1.29 is 4.79 Å². The number of halogens is 2. The van der Waals surface area contributed by atoms with Crippen molar-refractivity contribution in [3.8, 4) is 11.1 Å². The number of carbonyl (C=O) groups excluding carboxylic acids is 1. The third-order valence-corrected chi connectivity index (χ3v) is 9.44. The van der Waals surface area contributed by atoms with Crippen LogP contribution in [0.15, 0.2) is 24.9 Å². The lowest BCUT2D eigenvalue weighted by molar-refractivity contribution is -0.149. The number of likely N-dealkylation sites (tertiary alicyclic amines) is 1. The lowest BCUT2D eigenvalue weighted by atomic mass is 9.60. The van der Waals surface area contributed by atoms with E-state index in [1.807, 2.05) is 17.2 Å². The molecule has 2 saturated heterocycles. The highest BCUT2D eigenvalue weighted by atomic mass is 35.5. The Hall–Kier alpha value is -2.51. The minimum atomic E-state index is -0.0143. The third kappa shape index (κ3) is 3.50. The van der Waals surface area contributed by atoms with Gasteiger partial charge in [-0.1, -0.05) is 29.8 Å². The SMILES string of the molecule is C=CC(=O)N1CC2(CC(n3nc(N4CCCCC4(C)C)c(-c4c(Cl)c(Cl)cc5[nH]ncc45)c3C)C2)C1. The molecule has 6 rings (SSSR count). The molecule has 1 aliphatic carbocycles. The fourth-order valence-electron chi connectivity index (χ4n) is 6.70. The average molecular weight is 528 g/mol. The lowest BCUT2D eigenvalue weighted by Gasteiger charge is -2.58. The summed E-state index contributed by atoms with van der Waals surface area (Å²) >= 11 is 13.5. The zero-order valence-electron chi connectivity index (χ0n) is 21.1. The zero-order chi connectivity index (χ0) is 25.4. The standard InChI is InChI=1S/C27H32Cl2N6O/c1-5-21(36)33-14-27(15-33)11-17(12-27)35-16(2)22(25(32-35)34-9-7-6-8-26(34,3)4)23-18-13-30-31-20(18)10-19(28)24(23)29/h5,10,13,17H,1,6-9,11-12,14-15H2,2-4H3,(H,30,31). The average Bonchev–Trinajstić information content (AvgIpc) is 3.37. The van der Waals surface area contributed by atoms with Crippen molar-refractivity contribution in [1.29, 1.82) is 0 Å². The molecule has 1 spiro atoms. The van der Waals surface area contributed by atoms with Crippen molar-refractivity contribution in [2.24, 2.45) is 5.41 Å². The van der Waals surface area contributed by atoms with Gasteiger partial charge in [0.05, 0.1) is 27.8 Å². The van der Waals surface area contributed by atoms with Gasteiger partial charge in [0.1, 0.15) is 0 Å². The number of aromatic amines is 1. The molecular weight excluding hydrogens is 495 g/mol. The summed E-state index contributed by atoms with van der Waals surface area (Å²) in [5.74, 6) is 0.998. The number of fused-ring (bicyclic) bond motifs is 1. The highest BCUT2D eigenvalue weighted by Crippen LogP contribution is 2.56. The minimum absolute atomic E-state index is 0.0143. The van der Waals surface area contributed by atoms with Crippen LogP contribution in [0.4, 0.5) is 5.82 Å². The molecule has 0 unspecified atom stereocenters. The molecule has 2 aliphatic heterocycles. The summed E-state index contributed by atoms with van der Waals surface area (Å²) in [6.07, 6.45) is 8.73. The number of nitrogens with zero attached hydrogens (tertiary/aromatic N) is 5. The summed E-state index contributed by atoms with van der Waals surface area (Å²) in [6.45, 7) is 12.9. The van der Waals surface area contributed by atoms with E-state index in [9.17, 15) is 4.79 Å². The smallest absolute Gasteiger partial charge is 0.245 e. The van der Waals surface area contributed by atoms with Gasteiger partial charge in [-0.05, 0) is 65.0 Å². The number of anilines is 1. The molecule has 0 radical (unpaired) electrons. The first-order valence-electron chi connectivity index (χ1n) is 12.7. The van der Waals surface area contributed by atoms with Gasteiger partial charge in [-0.15, -0.1) is 0 Å². The minimum Gasteiger partial charge on any atom is -0.350 e. The van der Waals surface area contributed by atoms with Crippen LogP contribution in [-0.2, 0) is 4.79 Å². The third-order valence-electron chi connectivity index (χ3n) is 8.65. The number of benzene rings is 1. The van der Waals surface area contributed by atoms with Gasteiger partial charge < -0.3 is 9.80 Å². The molecule has 1 saturated carbocycles. The van der Waals surface area contributed by atoms with Gasteiger partial charge >= 0.3 is 0 Å². The lowest BCUT2D eigenvalue weighted by Crippen LogP contribution is -2.63. The molecule has 4 heterocycles. The normalized spacial score (nSPS) is 21.0. The largest absolute Gasteiger partial charge is 0.350 e. The quantitative estimate of drug-likeness (QED) is 0.413. The molecule has 190 valence electrons. The predicted molar refractivity (Wildman–Crippen MR) is 145 cm³/mol. The molecule has 0 bridgehead atoms. The zero-order valence-corrected chi connectivity index (χ0v) is 22.6. The summed E-state index contributed by atoms with van der Waals surface area (Å²) < 4.78 is 2.21. The van der Waals surface area contributed by atoms with Crippen molar-refractivity contribution in [2.75, 3.05) is 24.5 Å². The molecule has 36 heavy (non-hydrogen) atoms. The molecule has 1 amide bonds. The van der Waals surface area contributed by atoms with Crippen molar-refractivity contribution in [3.05, 3.63) is 40.7 Å². The maximum atomic E-state index is 12.0. The van der Waals surface area contributed by atoms with E-state index in [-0.39, 0.29) is 16.9 Å². The van der Waals surface area contributed by atoms with Crippen molar-refractivity contribution in [3.63, 3.8) is 0 Å². The highest BCUT2D eigenvalue weighted by molar-refractivity contribution is 6.45. The van der Waals surface area contributed by atoms with Gasteiger partial charge in [-0.3, -0.25) is 14.6 Å². The molecule has 9 heteroatoms. The second kappa shape index (κ2) is 8.25. The summed E-state index contributed by atoms with van der Waals surface area (Å²) in [5.41, 5.74) is 4.09. The summed E-state index contributed by atoms with van der Waals surface area (Å²) in [6, 6.07) is 2.13. The van der Waals surface area contributed by atoms with Crippen LogP contribution in [0.3, 0.4) is 0 Å². The number of aromatic nitrogens is 4. The Morgan fingerprint density at radius 3 is 2.67 bits per heavy atom. The van der Waals surface area contributed by atoms with Crippen molar-refractivity contribution >= 4 is 45.8 Å². The molecule has 1 aromatic carbocycles. The van der Waals surface area contributed by atoms with Crippen LogP contribution in [0.25, 0.3) is 22.0 Å². The highest BCUT2D eigenvalue weighted by Gasteiger charge is 2.54. The first-order chi connectivity index (χ1) is 17.1. The van der Waals surface area contributed by atoms with E-state index < -0.39 is 0 Å². The first kappa shape index (κ1) is 23.9. The number of rotatable bonds is 4. The topological polar surface area (TPSA) is 70.1 Å². The van der Waals surface area contributed by atoms with Gasteiger partial charge in [0.25, 0.3) is 0 Å². The molecule has 1 N–H and O–H groups in total. The van der Waals surface area contributed by atoms with Crippen LogP contribution < -0.4 is 4.90 Å². The maximum Gasteiger partial charge on any atom is 0.245 e. The van der Waals surface area contributed by atoms with Gasteiger partial charge in [0.2, 0.25) is 5.91 Å². The molecule has 2 aromatic heterocycles. The second-order valence-electron chi connectivity index (χ2n) is 11.5. The summed E-state index contributed by atoms with van der Waals surface area (Å²) in [4.78, 5) is 16.3. The fourth-order valence-corrected chi connectivity index (χ4v) is 7.15. The van der Waals surface area contributed by atoms with E-state index in [0.29, 0.717) is 16.1 Å². The molecule has 3 aliphatic rings. The van der Waals surface area contributed by atoms with E-state index in [0.717, 1.165) is 78.9 Å². The molecule has 3 fully saturated rings. The van der Waals surface area contributed by atoms with Crippen molar-refractivity contribution in [2.45, 2.75) is 64.5 Å². The van der Waals surface area contributed by atoms with Crippen LogP contribution in [0.5, 0.6) is 0 Å². The van der Waals surface area contributed by atoms with Crippen LogP contribution in [0, 0.1) is 12.3 Å². The monoisotopic (exact) mass is 526 g/mol. The fraction of sp³-hybridized carbons (Fsp3) is 0.519. The Bertz CT molecular complexity index is 1370. The number of hydrogen-bond acceptors (Lipinski definition) is 4. The maximum absolute atomic E-state index is 12.0. The Morgan fingerprint density at radius 1 is 1.22 bits per heavy atom. The van der Waals surface area contributed by atoms with E-state index in [1.54, 1.807) is 0 Å². The first-order valence-corrected chi connectivity index (χ1v) is 13.5. The molecule has 3 aromatic rings. The predicted octanol–water partition coefficient (Wildman–Crippen LogP) is 6.16. The van der Waals surface area contributed by atoms with Gasteiger partial charge in [0.15, 0.2) is 5.82 Å². The van der Waals surface area contributed by atoms with Gasteiger partial charge in [0, 0.05) is 52.8 Å². The number of amides is 1. The molecular formula is C27H32Cl2N6O. The van der Waals surface area contributed by atoms with Crippen LogP contribution in [-0.4, -0.2) is 56.0 Å². The van der Waals surface area contributed by atoms with Crippen LogP contribution in [0.2, 0.25) is 10.0 Å². The van der Waals surface area contributed by atoms with E-state index in [4.69, 9.17) is 28.3 Å².